The molecule has 0 aromatic carbocycles. The molecule has 2 atom stereocenters. The minimum absolute atomic E-state index is 0.198. The Bertz CT molecular complexity index is 394. The molecule has 0 bridgehead atoms. The molecule has 72 valence electrons. The van der Waals surface area contributed by atoms with Crippen LogP contribution in [0.2, 0.25) is 0 Å². The van der Waals surface area contributed by atoms with Gasteiger partial charge in [-0.15, -0.1) is 0 Å². The Morgan fingerprint density at radius 3 is 2.92 bits per heavy atom. The Morgan fingerprint density at radius 2 is 2.31 bits per heavy atom. The van der Waals surface area contributed by atoms with Crippen molar-refractivity contribution in [1.29, 1.82) is 0 Å². The highest BCUT2D eigenvalue weighted by Gasteiger charge is 2.39. The number of hydrogen-bond donors (Lipinski definition) is 1. The molecule has 0 radical (unpaired) electrons. The minimum Gasteiger partial charge on any atom is -0.321 e. The molecule has 0 saturated carbocycles. The van der Waals surface area contributed by atoms with E-state index in [1.54, 1.807) is 12.3 Å². The molecule has 0 amide bonds. The van der Waals surface area contributed by atoms with E-state index in [9.17, 15) is 8.42 Å². The lowest BCUT2D eigenvalue weighted by atomic mass is 10.1. The molecule has 5 heteroatoms. The SMILES string of the molecule is CC1CC2=C(SC=CC2N)S1(=O)=O. The maximum absolute atomic E-state index is 11.7. The van der Waals surface area contributed by atoms with E-state index >= 15 is 0 Å². The van der Waals surface area contributed by atoms with Gasteiger partial charge in [-0.3, -0.25) is 0 Å². The number of sulfone groups is 1. The van der Waals surface area contributed by atoms with Crippen LogP contribution in [0.15, 0.2) is 21.3 Å². The van der Waals surface area contributed by atoms with E-state index in [0.29, 0.717) is 10.7 Å². The van der Waals surface area contributed by atoms with Crippen molar-refractivity contribution in [2.75, 3.05) is 0 Å². The van der Waals surface area contributed by atoms with E-state index in [1.165, 1.54) is 11.8 Å². The third-order valence-electron chi connectivity index (χ3n) is 2.42. The van der Waals surface area contributed by atoms with Crippen LogP contribution >= 0.6 is 11.8 Å². The number of rotatable bonds is 0. The Kier molecular flexibility index (Phi) is 2.05. The van der Waals surface area contributed by atoms with Crippen LogP contribution in [0, 0.1) is 0 Å². The van der Waals surface area contributed by atoms with Gasteiger partial charge >= 0.3 is 0 Å². The van der Waals surface area contributed by atoms with Gasteiger partial charge in [-0.1, -0.05) is 17.8 Å². The van der Waals surface area contributed by atoms with Gasteiger partial charge in [-0.25, -0.2) is 8.42 Å². The standard InChI is InChI=1S/C8H11NO2S2/c1-5-4-6-7(9)2-3-12-8(6)13(5,10)11/h2-3,5,7H,4,9H2,1H3. The Morgan fingerprint density at radius 1 is 1.62 bits per heavy atom. The molecule has 13 heavy (non-hydrogen) atoms. The summed E-state index contributed by atoms with van der Waals surface area (Å²) in [7, 11) is -3.05. The first-order chi connectivity index (χ1) is 6.03. The maximum atomic E-state index is 11.7. The normalized spacial score (nSPS) is 36.5. The molecular weight excluding hydrogens is 206 g/mol. The van der Waals surface area contributed by atoms with E-state index in [1.807, 2.05) is 6.08 Å². The lowest BCUT2D eigenvalue weighted by molar-refractivity contribution is 0.595. The van der Waals surface area contributed by atoms with Crippen LogP contribution in [0.25, 0.3) is 0 Å². The molecule has 0 saturated heterocycles. The number of thioether (sulfide) groups is 1. The summed E-state index contributed by atoms with van der Waals surface area (Å²) in [5.41, 5.74) is 6.67. The molecule has 2 N–H and O–H groups in total. The first kappa shape index (κ1) is 9.30. The largest absolute Gasteiger partial charge is 0.321 e. The van der Waals surface area contributed by atoms with Crippen LogP contribution in [0.3, 0.4) is 0 Å². The van der Waals surface area contributed by atoms with Crippen molar-refractivity contribution in [3.8, 4) is 0 Å². The van der Waals surface area contributed by atoms with E-state index < -0.39 is 9.84 Å². The highest BCUT2D eigenvalue weighted by atomic mass is 32.3. The zero-order chi connectivity index (χ0) is 9.64. The van der Waals surface area contributed by atoms with Gasteiger partial charge < -0.3 is 5.73 Å². The van der Waals surface area contributed by atoms with Gasteiger partial charge in [-0.2, -0.15) is 0 Å². The molecule has 2 heterocycles. The molecule has 2 rings (SSSR count). The van der Waals surface area contributed by atoms with Crippen molar-refractivity contribution in [3.05, 3.63) is 21.3 Å². The van der Waals surface area contributed by atoms with Gasteiger partial charge in [0, 0.05) is 6.04 Å². The molecule has 0 aromatic heterocycles. The van der Waals surface area contributed by atoms with Crippen molar-refractivity contribution in [2.45, 2.75) is 24.6 Å². The summed E-state index contributed by atoms with van der Waals surface area (Å²) in [5, 5.41) is 1.47. The minimum atomic E-state index is -3.05. The lowest BCUT2D eigenvalue weighted by Crippen LogP contribution is -2.21. The van der Waals surface area contributed by atoms with Crippen LogP contribution in [0.1, 0.15) is 13.3 Å². The summed E-state index contributed by atoms with van der Waals surface area (Å²) >= 11 is 1.28. The smallest absolute Gasteiger partial charge is 0.187 e. The molecule has 2 aliphatic heterocycles. The van der Waals surface area contributed by atoms with Crippen LogP contribution in [0.4, 0.5) is 0 Å². The monoisotopic (exact) mass is 217 g/mol. The second-order valence-corrected chi connectivity index (χ2v) is 6.82. The highest BCUT2D eigenvalue weighted by Crippen LogP contribution is 2.42. The zero-order valence-corrected chi connectivity index (χ0v) is 8.86. The summed E-state index contributed by atoms with van der Waals surface area (Å²) in [6.45, 7) is 1.74. The van der Waals surface area contributed by atoms with E-state index in [0.717, 1.165) is 5.57 Å². The van der Waals surface area contributed by atoms with Crippen molar-refractivity contribution < 1.29 is 8.42 Å². The quantitative estimate of drug-likeness (QED) is 0.657. The van der Waals surface area contributed by atoms with Crippen LogP contribution in [-0.4, -0.2) is 19.7 Å². The van der Waals surface area contributed by atoms with Crippen LogP contribution < -0.4 is 5.73 Å². The molecular formula is C8H11NO2S2. The van der Waals surface area contributed by atoms with Crippen LogP contribution in [-0.2, 0) is 9.84 Å². The fourth-order valence-electron chi connectivity index (χ4n) is 1.58. The fourth-order valence-corrected chi connectivity index (χ4v) is 4.87. The lowest BCUT2D eigenvalue weighted by Gasteiger charge is -2.13. The van der Waals surface area contributed by atoms with Gasteiger partial charge in [0.25, 0.3) is 0 Å². The van der Waals surface area contributed by atoms with Gasteiger partial charge in [0.2, 0.25) is 0 Å². The van der Waals surface area contributed by atoms with Crippen molar-refractivity contribution >= 4 is 21.6 Å². The summed E-state index contributed by atoms with van der Waals surface area (Å²) in [6.07, 6.45) is 2.44. The predicted octanol–water partition coefficient (Wildman–Crippen LogP) is 0.993. The first-order valence-electron chi connectivity index (χ1n) is 4.09. The average molecular weight is 217 g/mol. The summed E-state index contributed by atoms with van der Waals surface area (Å²) < 4.78 is 23.9. The van der Waals surface area contributed by atoms with Crippen LogP contribution in [0.5, 0.6) is 0 Å². The molecule has 3 nitrogen and oxygen atoms in total. The Balaban J connectivity index is 2.50. The summed E-state index contributed by atoms with van der Waals surface area (Å²) in [5.74, 6) is 0. The van der Waals surface area contributed by atoms with Crippen molar-refractivity contribution in [3.63, 3.8) is 0 Å². The number of hydrogen-bond acceptors (Lipinski definition) is 4. The highest BCUT2D eigenvalue weighted by molar-refractivity contribution is 8.20. The van der Waals surface area contributed by atoms with Gasteiger partial charge in [0.15, 0.2) is 9.84 Å². The van der Waals surface area contributed by atoms with Crippen molar-refractivity contribution in [1.82, 2.24) is 0 Å². The maximum Gasteiger partial charge on any atom is 0.187 e. The molecule has 2 aliphatic rings. The second-order valence-electron chi connectivity index (χ2n) is 3.34. The predicted molar refractivity (Wildman–Crippen MR) is 54.7 cm³/mol. The van der Waals surface area contributed by atoms with Gasteiger partial charge in [-0.05, 0) is 24.3 Å². The van der Waals surface area contributed by atoms with E-state index in [-0.39, 0.29) is 11.3 Å². The third-order valence-corrected chi connectivity index (χ3v) is 6.18. The van der Waals surface area contributed by atoms with E-state index in [4.69, 9.17) is 5.73 Å². The van der Waals surface area contributed by atoms with Crippen molar-refractivity contribution in [2.24, 2.45) is 5.73 Å². The molecule has 0 spiro atoms. The third kappa shape index (κ3) is 1.26. The summed E-state index contributed by atoms with van der Waals surface area (Å²) in [6, 6.07) is -0.198. The number of nitrogens with two attached hydrogens (primary N) is 1. The average Bonchev–Trinajstić information content (AvgIpc) is 2.28. The zero-order valence-electron chi connectivity index (χ0n) is 7.23. The molecule has 0 aliphatic carbocycles. The molecule has 0 fully saturated rings. The molecule has 2 unspecified atom stereocenters. The Labute approximate surface area is 82.0 Å². The second kappa shape index (κ2) is 2.87. The van der Waals surface area contributed by atoms with Gasteiger partial charge in [0.1, 0.15) is 4.24 Å². The topological polar surface area (TPSA) is 60.2 Å². The fraction of sp³-hybridized carbons (Fsp3) is 0.500. The first-order valence-corrected chi connectivity index (χ1v) is 6.52. The van der Waals surface area contributed by atoms with Gasteiger partial charge in [0.05, 0.1) is 5.25 Å². The Hall–Kier alpha value is -0.260. The van der Waals surface area contributed by atoms with E-state index in [2.05, 4.69) is 0 Å². The molecule has 0 aromatic rings. The summed E-state index contributed by atoms with van der Waals surface area (Å²) in [4.78, 5) is 0.